The SMILES string of the molecule is O=C(CSc1nc2ccccc2c(=O)n1C1CC1)Nc1ccc(OC(F)F)cc1. The Morgan fingerprint density at radius 3 is 2.62 bits per heavy atom. The van der Waals surface area contributed by atoms with E-state index in [0.717, 1.165) is 12.8 Å². The predicted octanol–water partition coefficient (Wildman–Crippen LogP) is 4.06. The lowest BCUT2D eigenvalue weighted by molar-refractivity contribution is -0.113. The van der Waals surface area contributed by atoms with E-state index < -0.39 is 6.61 Å². The number of amides is 1. The number of fused-ring (bicyclic) bond motifs is 1. The van der Waals surface area contributed by atoms with Gasteiger partial charge in [0.05, 0.1) is 16.7 Å². The number of halogens is 2. The first-order chi connectivity index (χ1) is 14.0. The van der Waals surface area contributed by atoms with Crippen LogP contribution in [-0.2, 0) is 4.79 Å². The predicted molar refractivity (Wildman–Crippen MR) is 107 cm³/mol. The molecule has 29 heavy (non-hydrogen) atoms. The molecular weight excluding hydrogens is 400 g/mol. The third-order valence-electron chi connectivity index (χ3n) is 4.38. The Morgan fingerprint density at radius 1 is 1.21 bits per heavy atom. The average Bonchev–Trinajstić information content (AvgIpc) is 3.52. The van der Waals surface area contributed by atoms with Gasteiger partial charge < -0.3 is 10.1 Å². The van der Waals surface area contributed by atoms with Crippen molar-refractivity contribution in [3.63, 3.8) is 0 Å². The minimum atomic E-state index is -2.90. The third-order valence-corrected chi connectivity index (χ3v) is 5.34. The number of ether oxygens (including phenoxy) is 1. The van der Waals surface area contributed by atoms with Gasteiger partial charge in [0, 0.05) is 11.7 Å². The molecule has 1 N–H and O–H groups in total. The number of aromatic nitrogens is 2. The Hall–Kier alpha value is -2.94. The largest absolute Gasteiger partial charge is 0.435 e. The number of para-hydroxylation sites is 1. The third kappa shape index (κ3) is 4.56. The molecule has 150 valence electrons. The number of benzene rings is 2. The number of alkyl halides is 2. The molecule has 1 heterocycles. The Morgan fingerprint density at radius 2 is 1.93 bits per heavy atom. The summed E-state index contributed by atoms with van der Waals surface area (Å²) >= 11 is 1.20. The van der Waals surface area contributed by atoms with Crippen molar-refractivity contribution in [3.05, 3.63) is 58.9 Å². The van der Waals surface area contributed by atoms with Gasteiger partial charge in [-0.1, -0.05) is 23.9 Å². The van der Waals surface area contributed by atoms with Gasteiger partial charge >= 0.3 is 6.61 Å². The van der Waals surface area contributed by atoms with Crippen LogP contribution >= 0.6 is 11.8 Å². The molecule has 1 amide bonds. The fraction of sp³-hybridized carbons (Fsp3) is 0.250. The molecule has 1 aromatic heterocycles. The minimum Gasteiger partial charge on any atom is -0.435 e. The van der Waals surface area contributed by atoms with E-state index in [0.29, 0.717) is 21.7 Å². The maximum absolute atomic E-state index is 12.8. The molecule has 0 spiro atoms. The Balaban J connectivity index is 1.46. The van der Waals surface area contributed by atoms with Gasteiger partial charge in [0.2, 0.25) is 5.91 Å². The van der Waals surface area contributed by atoms with Gasteiger partial charge in [-0.05, 0) is 49.2 Å². The fourth-order valence-corrected chi connectivity index (χ4v) is 3.80. The Kier molecular flexibility index (Phi) is 5.48. The molecule has 0 atom stereocenters. The molecule has 2 aromatic carbocycles. The highest BCUT2D eigenvalue weighted by Gasteiger charge is 2.28. The van der Waals surface area contributed by atoms with Gasteiger partial charge in [0.15, 0.2) is 5.16 Å². The zero-order valence-corrected chi connectivity index (χ0v) is 16.0. The van der Waals surface area contributed by atoms with Crippen LogP contribution in [0.2, 0.25) is 0 Å². The standard InChI is InChI=1S/C20H17F2N3O3S/c21-19(22)28-14-9-5-12(6-10-14)23-17(26)11-29-20-24-16-4-2-1-3-15(16)18(27)25(20)13-7-8-13/h1-6,9-10,13,19H,7-8,11H2,(H,23,26). The van der Waals surface area contributed by atoms with E-state index in [9.17, 15) is 18.4 Å². The van der Waals surface area contributed by atoms with E-state index in [-0.39, 0.29) is 29.0 Å². The lowest BCUT2D eigenvalue weighted by Gasteiger charge is -2.12. The number of thioether (sulfide) groups is 1. The van der Waals surface area contributed by atoms with Crippen LogP contribution in [0.25, 0.3) is 10.9 Å². The average molecular weight is 417 g/mol. The number of anilines is 1. The number of carbonyl (C=O) groups excluding carboxylic acids is 1. The number of rotatable bonds is 7. The van der Waals surface area contributed by atoms with Crippen LogP contribution in [0.1, 0.15) is 18.9 Å². The summed E-state index contributed by atoms with van der Waals surface area (Å²) in [6, 6.07) is 13.0. The van der Waals surface area contributed by atoms with Gasteiger partial charge in [-0.25, -0.2) is 4.98 Å². The summed E-state index contributed by atoms with van der Waals surface area (Å²) in [6.45, 7) is -2.90. The second-order valence-electron chi connectivity index (χ2n) is 6.56. The Labute approximate surface area is 168 Å². The highest BCUT2D eigenvalue weighted by atomic mass is 32.2. The fourth-order valence-electron chi connectivity index (χ4n) is 2.93. The second kappa shape index (κ2) is 8.20. The van der Waals surface area contributed by atoms with Gasteiger partial charge in [0.25, 0.3) is 5.56 Å². The van der Waals surface area contributed by atoms with Crippen LogP contribution in [0.4, 0.5) is 14.5 Å². The summed E-state index contributed by atoms with van der Waals surface area (Å²) in [6.07, 6.45) is 1.85. The molecule has 4 rings (SSSR count). The molecule has 3 aromatic rings. The van der Waals surface area contributed by atoms with Crippen molar-refractivity contribution in [2.24, 2.45) is 0 Å². The first-order valence-electron chi connectivity index (χ1n) is 9.00. The maximum Gasteiger partial charge on any atom is 0.387 e. The van der Waals surface area contributed by atoms with Gasteiger partial charge in [-0.3, -0.25) is 14.2 Å². The van der Waals surface area contributed by atoms with E-state index in [4.69, 9.17) is 0 Å². The number of hydrogen-bond donors (Lipinski definition) is 1. The van der Waals surface area contributed by atoms with E-state index in [1.807, 2.05) is 6.07 Å². The minimum absolute atomic E-state index is 0.0150. The summed E-state index contributed by atoms with van der Waals surface area (Å²) in [7, 11) is 0. The molecule has 1 saturated carbocycles. The summed E-state index contributed by atoms with van der Waals surface area (Å²) in [4.78, 5) is 29.7. The smallest absolute Gasteiger partial charge is 0.387 e. The first kappa shape index (κ1) is 19.4. The van der Waals surface area contributed by atoms with E-state index in [1.54, 1.807) is 22.8 Å². The van der Waals surface area contributed by atoms with Crippen LogP contribution in [0.3, 0.4) is 0 Å². The zero-order valence-electron chi connectivity index (χ0n) is 15.2. The second-order valence-corrected chi connectivity index (χ2v) is 7.50. The number of hydrogen-bond acceptors (Lipinski definition) is 5. The molecule has 1 aliphatic carbocycles. The molecular formula is C20H17F2N3O3S. The maximum atomic E-state index is 12.8. The first-order valence-corrected chi connectivity index (χ1v) is 9.98. The number of nitrogens with one attached hydrogen (secondary N) is 1. The molecule has 0 aliphatic heterocycles. The normalized spacial score (nSPS) is 13.6. The highest BCUT2D eigenvalue weighted by Crippen LogP contribution is 2.36. The molecule has 0 bridgehead atoms. The van der Waals surface area contributed by atoms with Crippen molar-refractivity contribution in [2.75, 3.05) is 11.1 Å². The van der Waals surface area contributed by atoms with Gasteiger partial charge in [0.1, 0.15) is 5.75 Å². The van der Waals surface area contributed by atoms with Gasteiger partial charge in [-0.2, -0.15) is 8.78 Å². The van der Waals surface area contributed by atoms with Gasteiger partial charge in [-0.15, -0.1) is 0 Å². The van der Waals surface area contributed by atoms with Crippen molar-refractivity contribution in [1.29, 1.82) is 0 Å². The van der Waals surface area contributed by atoms with Crippen LogP contribution in [-0.4, -0.2) is 27.8 Å². The van der Waals surface area contributed by atoms with E-state index >= 15 is 0 Å². The quantitative estimate of drug-likeness (QED) is 0.464. The summed E-state index contributed by atoms with van der Waals surface area (Å²) in [5.41, 5.74) is 0.978. The summed E-state index contributed by atoms with van der Waals surface area (Å²) in [5.74, 6) is -0.212. The van der Waals surface area contributed by atoms with Crippen molar-refractivity contribution in [3.8, 4) is 5.75 Å². The van der Waals surface area contributed by atoms with E-state index in [1.165, 1.54) is 36.0 Å². The lowest BCUT2D eigenvalue weighted by atomic mass is 10.2. The van der Waals surface area contributed by atoms with Crippen molar-refractivity contribution >= 4 is 34.3 Å². The molecule has 9 heteroatoms. The number of carbonyl (C=O) groups is 1. The summed E-state index contributed by atoms with van der Waals surface area (Å²) in [5, 5.41) is 3.78. The molecule has 0 unspecified atom stereocenters. The monoisotopic (exact) mass is 417 g/mol. The zero-order chi connectivity index (χ0) is 20.4. The topological polar surface area (TPSA) is 73.2 Å². The highest BCUT2D eigenvalue weighted by molar-refractivity contribution is 7.99. The lowest BCUT2D eigenvalue weighted by Crippen LogP contribution is -2.23. The van der Waals surface area contributed by atoms with E-state index in [2.05, 4.69) is 15.0 Å². The van der Waals surface area contributed by atoms with Crippen LogP contribution in [0, 0.1) is 0 Å². The van der Waals surface area contributed by atoms with Crippen LogP contribution in [0.15, 0.2) is 58.5 Å². The molecule has 6 nitrogen and oxygen atoms in total. The van der Waals surface area contributed by atoms with Crippen LogP contribution in [0.5, 0.6) is 5.75 Å². The molecule has 1 aliphatic rings. The number of nitrogens with zero attached hydrogens (tertiary/aromatic N) is 2. The Bertz CT molecular complexity index is 1100. The van der Waals surface area contributed by atoms with Crippen molar-refractivity contribution in [1.82, 2.24) is 9.55 Å². The molecule has 0 radical (unpaired) electrons. The van der Waals surface area contributed by atoms with Crippen LogP contribution < -0.4 is 15.6 Å². The van der Waals surface area contributed by atoms with Crippen molar-refractivity contribution in [2.45, 2.75) is 30.7 Å². The molecule has 0 saturated heterocycles. The molecule has 1 fully saturated rings. The van der Waals surface area contributed by atoms with Crippen molar-refractivity contribution < 1.29 is 18.3 Å². The summed E-state index contributed by atoms with van der Waals surface area (Å²) < 4.78 is 30.3.